The van der Waals surface area contributed by atoms with Crippen LogP contribution in [0.3, 0.4) is 0 Å². The van der Waals surface area contributed by atoms with Gasteiger partial charge in [0.25, 0.3) is 0 Å². The fraction of sp³-hybridized carbons (Fsp3) is 0.424. The Morgan fingerprint density at radius 3 is 1.77 bits per heavy atom. The lowest BCUT2D eigenvalue weighted by molar-refractivity contribution is -0.166. The van der Waals surface area contributed by atoms with Crippen LogP contribution in [0.1, 0.15) is 44.4 Å². The number of ether oxygens (including phenoxy) is 3. The first-order valence-corrected chi connectivity index (χ1v) is 14.5. The van der Waals surface area contributed by atoms with Crippen molar-refractivity contribution in [1.82, 2.24) is 4.90 Å². The van der Waals surface area contributed by atoms with Crippen molar-refractivity contribution in [2.45, 2.75) is 69.5 Å². The second-order valence-electron chi connectivity index (χ2n) is 10.9. The van der Waals surface area contributed by atoms with Crippen LogP contribution >= 0.6 is 0 Å². The van der Waals surface area contributed by atoms with E-state index in [2.05, 4.69) is 10.0 Å². The molecule has 1 amide bonds. The van der Waals surface area contributed by atoms with E-state index < -0.39 is 47.8 Å². The lowest BCUT2D eigenvalue weighted by Gasteiger charge is -2.37. The number of carbonyl (C=O) groups excluding carboxylic acids is 1. The van der Waals surface area contributed by atoms with E-state index in [4.69, 9.17) is 14.2 Å². The predicted molar refractivity (Wildman–Crippen MR) is 162 cm³/mol. The minimum atomic E-state index is -1.59. The van der Waals surface area contributed by atoms with E-state index in [1.54, 1.807) is 27.7 Å². The highest BCUT2D eigenvalue weighted by Crippen LogP contribution is 2.41. The normalized spacial score (nSPS) is 20.0. The highest BCUT2D eigenvalue weighted by atomic mass is 16.8. The average Bonchev–Trinajstić information content (AvgIpc) is 3.37. The Morgan fingerprint density at radius 1 is 0.907 bits per heavy atom. The smallest absolute Gasteiger partial charge is 0.234 e. The first kappa shape index (κ1) is 32.2. The largest absolute Gasteiger partial charge is 0.389 e. The first-order valence-electron chi connectivity index (χ1n) is 14.5. The van der Waals surface area contributed by atoms with Crippen LogP contribution in [-0.4, -0.2) is 77.0 Å². The molecule has 1 aliphatic heterocycles. The molecule has 4 rings (SSSR count). The highest BCUT2D eigenvalue weighted by Gasteiger charge is 2.51. The number of azide groups is 1. The second-order valence-corrected chi connectivity index (χ2v) is 10.9. The molecule has 3 aromatic rings. The maximum absolute atomic E-state index is 13.2. The maximum atomic E-state index is 13.2. The summed E-state index contributed by atoms with van der Waals surface area (Å²) in [4.78, 5) is 17.5. The summed E-state index contributed by atoms with van der Waals surface area (Å²) < 4.78 is 18.9. The SMILES string of the molecule is CCN(CC)C(=O)[C@H](N=[N+]=[N-])[C@H](O)[C@@H]1OC(C)(C)O[C@@H]1[C@H](O)COC(c1ccccc1)(c1ccccc1)c1ccccc1. The molecule has 2 N–H and O–H groups in total. The summed E-state index contributed by atoms with van der Waals surface area (Å²) in [5.74, 6) is -1.74. The van der Waals surface area contributed by atoms with Crippen molar-refractivity contribution in [2.75, 3.05) is 19.7 Å². The van der Waals surface area contributed by atoms with Crippen molar-refractivity contribution >= 4 is 5.91 Å². The molecular formula is C33H40N4O6. The molecule has 0 bridgehead atoms. The number of nitrogens with zero attached hydrogens (tertiary/aromatic N) is 4. The Kier molecular flexibility index (Phi) is 10.6. The Labute approximate surface area is 252 Å². The van der Waals surface area contributed by atoms with Gasteiger partial charge in [0.1, 0.15) is 36.1 Å². The van der Waals surface area contributed by atoms with Gasteiger partial charge in [-0.1, -0.05) is 96.1 Å². The van der Waals surface area contributed by atoms with Crippen LogP contribution < -0.4 is 0 Å². The summed E-state index contributed by atoms with van der Waals surface area (Å²) in [6.07, 6.45) is -5.19. The molecule has 1 heterocycles. The zero-order chi connectivity index (χ0) is 31.0. The van der Waals surface area contributed by atoms with Crippen LogP contribution in [0.5, 0.6) is 0 Å². The number of rotatable bonds is 13. The Bertz CT molecular complexity index is 1270. The number of amides is 1. The average molecular weight is 589 g/mol. The van der Waals surface area contributed by atoms with Gasteiger partial charge in [0, 0.05) is 18.0 Å². The molecule has 0 saturated carbocycles. The molecule has 5 atom stereocenters. The van der Waals surface area contributed by atoms with Gasteiger partial charge in [0.05, 0.1) is 6.61 Å². The topological polar surface area (TPSA) is 137 Å². The molecule has 1 fully saturated rings. The number of hydrogen-bond donors (Lipinski definition) is 2. The highest BCUT2D eigenvalue weighted by molar-refractivity contribution is 5.82. The van der Waals surface area contributed by atoms with E-state index in [9.17, 15) is 20.5 Å². The van der Waals surface area contributed by atoms with Crippen LogP contribution in [0.15, 0.2) is 96.1 Å². The van der Waals surface area contributed by atoms with Gasteiger partial charge in [-0.2, -0.15) is 0 Å². The van der Waals surface area contributed by atoms with Crippen LogP contribution in [0.2, 0.25) is 0 Å². The van der Waals surface area contributed by atoms with Gasteiger partial charge in [-0.25, -0.2) is 0 Å². The number of aliphatic hydroxyl groups excluding tert-OH is 2. The number of likely N-dealkylation sites (N-methyl/N-ethyl adjacent to an activating group) is 1. The van der Waals surface area contributed by atoms with Gasteiger partial charge in [-0.3, -0.25) is 4.79 Å². The van der Waals surface area contributed by atoms with Crippen molar-refractivity contribution in [3.63, 3.8) is 0 Å². The summed E-state index contributed by atoms with van der Waals surface area (Å²) in [6, 6.07) is 27.7. The van der Waals surface area contributed by atoms with E-state index in [0.29, 0.717) is 13.1 Å². The van der Waals surface area contributed by atoms with Gasteiger partial charge < -0.3 is 29.3 Å². The lowest BCUT2D eigenvalue weighted by Crippen LogP contribution is -2.53. The molecular weight excluding hydrogens is 548 g/mol. The minimum Gasteiger partial charge on any atom is -0.389 e. The van der Waals surface area contributed by atoms with E-state index in [1.165, 1.54) is 4.90 Å². The summed E-state index contributed by atoms with van der Waals surface area (Å²) in [5.41, 5.74) is 10.7. The predicted octanol–water partition coefficient (Wildman–Crippen LogP) is 4.78. The Balaban J connectivity index is 1.69. The van der Waals surface area contributed by atoms with Gasteiger partial charge in [0.15, 0.2) is 5.79 Å². The van der Waals surface area contributed by atoms with Gasteiger partial charge >= 0.3 is 0 Å². The summed E-state index contributed by atoms with van der Waals surface area (Å²) in [7, 11) is 0. The molecule has 0 aromatic heterocycles. The monoisotopic (exact) mass is 588 g/mol. The lowest BCUT2D eigenvalue weighted by atomic mass is 9.80. The molecule has 3 aromatic carbocycles. The van der Waals surface area contributed by atoms with Gasteiger partial charge in [0.2, 0.25) is 5.91 Å². The number of hydrogen-bond acceptors (Lipinski definition) is 7. The van der Waals surface area contributed by atoms with Gasteiger partial charge in [-0.05, 0) is 49.9 Å². The van der Waals surface area contributed by atoms with Crippen LogP contribution in [0.25, 0.3) is 10.4 Å². The zero-order valence-electron chi connectivity index (χ0n) is 25.0. The van der Waals surface area contributed by atoms with Crippen LogP contribution in [0.4, 0.5) is 0 Å². The Hall–Kier alpha value is -3.76. The van der Waals surface area contributed by atoms with Crippen molar-refractivity contribution in [3.05, 3.63) is 118 Å². The third-order valence-corrected chi connectivity index (χ3v) is 7.72. The molecule has 1 saturated heterocycles. The molecule has 10 heteroatoms. The molecule has 1 aliphatic rings. The zero-order valence-corrected chi connectivity index (χ0v) is 25.0. The third-order valence-electron chi connectivity index (χ3n) is 7.72. The van der Waals surface area contributed by atoms with E-state index in [1.807, 2.05) is 91.0 Å². The molecule has 0 radical (unpaired) electrons. The quantitative estimate of drug-likeness (QED) is 0.128. The van der Waals surface area contributed by atoms with Crippen molar-refractivity contribution in [1.29, 1.82) is 0 Å². The summed E-state index contributed by atoms with van der Waals surface area (Å²) >= 11 is 0. The molecule has 228 valence electrons. The second kappa shape index (κ2) is 14.1. The fourth-order valence-electron chi connectivity index (χ4n) is 5.67. The third kappa shape index (κ3) is 6.91. The van der Waals surface area contributed by atoms with Crippen molar-refractivity contribution in [2.24, 2.45) is 5.11 Å². The first-order chi connectivity index (χ1) is 20.7. The van der Waals surface area contributed by atoms with Crippen LogP contribution in [0, 0.1) is 0 Å². The number of aliphatic hydroxyl groups is 2. The van der Waals surface area contributed by atoms with Crippen LogP contribution in [-0.2, 0) is 24.6 Å². The fourth-order valence-corrected chi connectivity index (χ4v) is 5.67. The summed E-state index contributed by atoms with van der Waals surface area (Å²) in [5, 5.41) is 26.6. The molecule has 0 spiro atoms. The van der Waals surface area contributed by atoms with E-state index in [0.717, 1.165) is 16.7 Å². The van der Waals surface area contributed by atoms with E-state index in [-0.39, 0.29) is 6.61 Å². The number of carbonyl (C=O) groups is 1. The summed E-state index contributed by atoms with van der Waals surface area (Å²) in [6.45, 7) is 7.40. The molecule has 10 nitrogen and oxygen atoms in total. The van der Waals surface area contributed by atoms with E-state index >= 15 is 0 Å². The molecule has 43 heavy (non-hydrogen) atoms. The number of benzene rings is 3. The van der Waals surface area contributed by atoms with Crippen molar-refractivity contribution in [3.8, 4) is 0 Å². The Morgan fingerprint density at radius 2 is 1.35 bits per heavy atom. The minimum absolute atomic E-state index is 0.220. The van der Waals surface area contributed by atoms with Gasteiger partial charge in [-0.15, -0.1) is 0 Å². The molecule has 0 unspecified atom stereocenters. The standard InChI is InChI=1S/C33H40N4O6/c1-5-37(6-2)31(40)27(35-36-34)28(39)30-29(42-32(3,4)43-30)26(38)22-41-33(23-16-10-7-11-17-23,24-18-12-8-13-19-24)25-20-14-9-15-21-25/h7-21,26-30,38-39H,5-6,22H2,1-4H3/t26-,27-,28+,29-,30+/m1/s1. The maximum Gasteiger partial charge on any atom is 0.234 e. The van der Waals surface area contributed by atoms with Crippen molar-refractivity contribution < 1.29 is 29.2 Å². The molecule has 0 aliphatic carbocycles.